The number of nitrogens with one attached hydrogen (secondary N) is 3. The van der Waals surface area contributed by atoms with Crippen molar-refractivity contribution in [3.8, 4) is 11.5 Å². The Bertz CT molecular complexity index is 1050. The van der Waals surface area contributed by atoms with Crippen LogP contribution in [-0.2, 0) is 4.79 Å². The van der Waals surface area contributed by atoms with E-state index < -0.39 is 0 Å². The van der Waals surface area contributed by atoms with Crippen molar-refractivity contribution in [1.82, 2.24) is 9.97 Å². The number of aromatic nitrogens is 2. The van der Waals surface area contributed by atoms with Gasteiger partial charge in [-0.05, 0) is 37.3 Å². The number of anilines is 5. The summed E-state index contributed by atoms with van der Waals surface area (Å²) >= 11 is 0. The second kappa shape index (κ2) is 8.05. The Morgan fingerprint density at radius 2 is 1.52 bits per heavy atom. The molecule has 0 saturated carbocycles. The third-order valence-electron chi connectivity index (χ3n) is 4.11. The number of amides is 1. The monoisotopic (exact) mass is 391 g/mol. The van der Waals surface area contributed by atoms with Crippen molar-refractivity contribution in [2.45, 2.75) is 13.8 Å². The zero-order valence-corrected chi connectivity index (χ0v) is 16.2. The molecule has 0 radical (unpaired) electrons. The molecule has 4 rings (SSSR count). The molecule has 0 spiro atoms. The van der Waals surface area contributed by atoms with E-state index in [1.807, 2.05) is 55.5 Å². The van der Waals surface area contributed by atoms with Crippen LogP contribution in [0.1, 0.15) is 12.7 Å². The van der Waals surface area contributed by atoms with Crippen LogP contribution in [0.25, 0.3) is 0 Å². The maximum atomic E-state index is 11.3. The molecule has 0 bridgehead atoms. The largest absolute Gasteiger partial charge is 0.486 e. The number of carbonyl (C=O) groups excluding carboxylic acids is 1. The van der Waals surface area contributed by atoms with Gasteiger partial charge in [0, 0.05) is 36.1 Å². The van der Waals surface area contributed by atoms with E-state index in [1.165, 1.54) is 6.92 Å². The first-order chi connectivity index (χ1) is 14.0. The highest BCUT2D eigenvalue weighted by Gasteiger charge is 2.12. The fraction of sp³-hybridized carbons (Fsp3) is 0.190. The molecule has 0 fully saturated rings. The average Bonchev–Trinajstić information content (AvgIpc) is 2.67. The first-order valence-electron chi connectivity index (χ1n) is 9.22. The molecule has 8 nitrogen and oxygen atoms in total. The normalized spacial score (nSPS) is 12.2. The summed E-state index contributed by atoms with van der Waals surface area (Å²) in [6.07, 6.45) is 0. The van der Waals surface area contributed by atoms with Crippen LogP contribution in [0.2, 0.25) is 0 Å². The predicted molar refractivity (Wildman–Crippen MR) is 112 cm³/mol. The topological polar surface area (TPSA) is 97.4 Å². The van der Waals surface area contributed by atoms with Gasteiger partial charge in [0.05, 0.1) is 0 Å². The molecule has 8 heteroatoms. The van der Waals surface area contributed by atoms with Crippen LogP contribution in [-0.4, -0.2) is 29.1 Å². The molecule has 1 aromatic heterocycles. The molecule has 29 heavy (non-hydrogen) atoms. The predicted octanol–water partition coefficient (Wildman–Crippen LogP) is 4.00. The number of benzene rings is 2. The molecule has 0 atom stereocenters. The molecule has 2 aromatic carbocycles. The van der Waals surface area contributed by atoms with Gasteiger partial charge in [-0.3, -0.25) is 4.79 Å². The van der Waals surface area contributed by atoms with Crippen molar-refractivity contribution in [3.63, 3.8) is 0 Å². The van der Waals surface area contributed by atoms with Gasteiger partial charge in [-0.15, -0.1) is 0 Å². The number of hydrogen-bond acceptors (Lipinski definition) is 7. The molecule has 148 valence electrons. The van der Waals surface area contributed by atoms with Crippen LogP contribution in [0, 0.1) is 6.92 Å². The lowest BCUT2D eigenvalue weighted by molar-refractivity contribution is -0.114. The summed E-state index contributed by atoms with van der Waals surface area (Å²) in [5.74, 6) is 3.23. The molecular formula is C21H21N5O3. The molecule has 0 aliphatic carbocycles. The van der Waals surface area contributed by atoms with E-state index in [0.29, 0.717) is 42.1 Å². The molecular weight excluding hydrogens is 370 g/mol. The molecule has 0 saturated heterocycles. The lowest BCUT2D eigenvalue weighted by Crippen LogP contribution is -2.15. The summed E-state index contributed by atoms with van der Waals surface area (Å²) in [7, 11) is 0. The number of hydrogen-bond donors (Lipinski definition) is 3. The van der Waals surface area contributed by atoms with E-state index in [-0.39, 0.29) is 5.91 Å². The van der Waals surface area contributed by atoms with Gasteiger partial charge < -0.3 is 25.4 Å². The quantitative estimate of drug-likeness (QED) is 0.605. The van der Waals surface area contributed by atoms with Gasteiger partial charge >= 0.3 is 0 Å². The van der Waals surface area contributed by atoms with Gasteiger partial charge in [-0.1, -0.05) is 6.07 Å². The Labute approximate surface area is 168 Å². The van der Waals surface area contributed by atoms with E-state index in [0.717, 1.165) is 17.1 Å². The molecule has 3 aromatic rings. The van der Waals surface area contributed by atoms with Gasteiger partial charge in [0.2, 0.25) is 5.91 Å². The van der Waals surface area contributed by atoms with Crippen molar-refractivity contribution in [2.75, 3.05) is 29.2 Å². The number of carbonyl (C=O) groups is 1. The number of ether oxygens (including phenoxy) is 2. The maximum absolute atomic E-state index is 11.3. The van der Waals surface area contributed by atoms with Gasteiger partial charge in [0.15, 0.2) is 11.5 Å². The Hall–Kier alpha value is -3.81. The van der Waals surface area contributed by atoms with E-state index in [9.17, 15) is 4.79 Å². The number of fused-ring (bicyclic) bond motifs is 1. The molecule has 1 amide bonds. The lowest BCUT2D eigenvalue weighted by Gasteiger charge is -2.19. The van der Waals surface area contributed by atoms with Gasteiger partial charge in [-0.25, -0.2) is 9.97 Å². The molecule has 2 heterocycles. The molecule has 3 N–H and O–H groups in total. The molecule has 0 unspecified atom stereocenters. The van der Waals surface area contributed by atoms with E-state index in [4.69, 9.17) is 9.47 Å². The van der Waals surface area contributed by atoms with Gasteiger partial charge in [0.25, 0.3) is 0 Å². The Kier molecular flexibility index (Phi) is 5.15. The van der Waals surface area contributed by atoms with Crippen LogP contribution in [0.3, 0.4) is 0 Å². The van der Waals surface area contributed by atoms with Crippen molar-refractivity contribution in [2.24, 2.45) is 0 Å². The SMILES string of the molecule is CC(=O)Nc1cccc(Nc2cc(Nc3ccc4c(c3)OCCO4)nc(C)n2)c1. The first kappa shape index (κ1) is 18.5. The van der Waals surface area contributed by atoms with Crippen molar-refractivity contribution in [1.29, 1.82) is 0 Å². The Balaban J connectivity index is 1.53. The van der Waals surface area contributed by atoms with Crippen LogP contribution < -0.4 is 25.4 Å². The minimum absolute atomic E-state index is 0.119. The minimum atomic E-state index is -0.119. The first-order valence-corrected chi connectivity index (χ1v) is 9.22. The lowest BCUT2D eigenvalue weighted by atomic mass is 10.2. The summed E-state index contributed by atoms with van der Waals surface area (Å²) in [5, 5.41) is 9.29. The van der Waals surface area contributed by atoms with Crippen molar-refractivity contribution in [3.05, 3.63) is 54.4 Å². The zero-order chi connectivity index (χ0) is 20.2. The number of aryl methyl sites for hydroxylation is 1. The zero-order valence-electron chi connectivity index (χ0n) is 16.2. The molecule has 1 aliphatic heterocycles. The highest BCUT2D eigenvalue weighted by molar-refractivity contribution is 5.89. The van der Waals surface area contributed by atoms with Crippen LogP contribution >= 0.6 is 0 Å². The average molecular weight is 391 g/mol. The van der Waals surface area contributed by atoms with Gasteiger partial charge in [-0.2, -0.15) is 0 Å². The highest BCUT2D eigenvalue weighted by Crippen LogP contribution is 2.33. The standard InChI is InChI=1S/C21H21N5O3/c1-13-22-20(25-16-5-3-4-15(10-16)24-14(2)27)12-21(23-13)26-17-6-7-18-19(11-17)29-9-8-28-18/h3-7,10-12H,8-9H2,1-2H3,(H,24,27)(H2,22,23,25,26). The van der Waals surface area contributed by atoms with Crippen molar-refractivity contribution < 1.29 is 14.3 Å². The van der Waals surface area contributed by atoms with Crippen LogP contribution in [0.4, 0.5) is 28.7 Å². The van der Waals surface area contributed by atoms with E-state index in [2.05, 4.69) is 25.9 Å². The minimum Gasteiger partial charge on any atom is -0.486 e. The fourth-order valence-corrected chi connectivity index (χ4v) is 2.99. The highest BCUT2D eigenvalue weighted by atomic mass is 16.6. The number of rotatable bonds is 5. The summed E-state index contributed by atoms with van der Waals surface area (Å²) in [5.41, 5.74) is 2.36. The summed E-state index contributed by atoms with van der Waals surface area (Å²) in [6, 6.07) is 14.9. The smallest absolute Gasteiger partial charge is 0.221 e. The van der Waals surface area contributed by atoms with Crippen LogP contribution in [0.5, 0.6) is 11.5 Å². The van der Waals surface area contributed by atoms with E-state index >= 15 is 0 Å². The third-order valence-corrected chi connectivity index (χ3v) is 4.11. The number of nitrogens with zero attached hydrogens (tertiary/aromatic N) is 2. The Morgan fingerprint density at radius 3 is 2.24 bits per heavy atom. The molecule has 1 aliphatic rings. The van der Waals surface area contributed by atoms with Gasteiger partial charge in [0.1, 0.15) is 30.7 Å². The summed E-state index contributed by atoms with van der Waals surface area (Å²) in [6.45, 7) is 4.40. The van der Waals surface area contributed by atoms with Crippen LogP contribution in [0.15, 0.2) is 48.5 Å². The summed E-state index contributed by atoms with van der Waals surface area (Å²) < 4.78 is 11.2. The van der Waals surface area contributed by atoms with E-state index in [1.54, 1.807) is 0 Å². The van der Waals surface area contributed by atoms with Crippen molar-refractivity contribution >= 4 is 34.6 Å². The second-order valence-electron chi connectivity index (χ2n) is 6.56. The third kappa shape index (κ3) is 4.73. The maximum Gasteiger partial charge on any atom is 0.221 e. The summed E-state index contributed by atoms with van der Waals surface area (Å²) in [4.78, 5) is 20.1. The second-order valence-corrected chi connectivity index (χ2v) is 6.56. The Morgan fingerprint density at radius 1 is 0.862 bits per heavy atom. The fourth-order valence-electron chi connectivity index (χ4n) is 2.99.